The third-order valence-electron chi connectivity index (χ3n) is 3.76. The fourth-order valence-corrected chi connectivity index (χ4v) is 4.19. The molecule has 0 saturated carbocycles. The number of phosphoric ester groups is 1. The van der Waals surface area contributed by atoms with Crippen molar-refractivity contribution in [2.75, 3.05) is 12.9 Å². The first-order chi connectivity index (χ1) is 11.0. The smallest absolute Gasteiger partial charge is 0.386 e. The molecule has 2 aliphatic rings. The van der Waals surface area contributed by atoms with Crippen LogP contribution >= 0.6 is 19.6 Å². The molecule has 0 spiro atoms. The highest BCUT2D eigenvalue weighted by atomic mass is 32.2. The van der Waals surface area contributed by atoms with Gasteiger partial charge in [-0.25, -0.2) is 19.5 Å². The molecule has 2 aromatic rings. The molecule has 0 aromatic carbocycles. The number of nitrogens with zero attached hydrogens (tertiary/aromatic N) is 4. The number of aromatic nitrogens is 4. The summed E-state index contributed by atoms with van der Waals surface area (Å²) in [5.74, 6) is 0. The minimum absolute atomic E-state index is 0.135. The Balaban J connectivity index is 1.71. The molecule has 0 amide bonds. The zero-order chi connectivity index (χ0) is 16.2. The van der Waals surface area contributed by atoms with E-state index in [-0.39, 0.29) is 6.61 Å². The Hall–Kier alpha value is -1.07. The first kappa shape index (κ1) is 15.5. The van der Waals surface area contributed by atoms with Crippen molar-refractivity contribution >= 4 is 30.7 Å². The van der Waals surface area contributed by atoms with Crippen molar-refractivity contribution in [3.63, 3.8) is 0 Å². The van der Waals surface area contributed by atoms with Gasteiger partial charge in [-0.3, -0.25) is 13.6 Å². The van der Waals surface area contributed by atoms with E-state index in [1.54, 1.807) is 4.57 Å². The molecule has 23 heavy (non-hydrogen) atoms. The van der Waals surface area contributed by atoms with Crippen LogP contribution in [0.5, 0.6) is 0 Å². The fraction of sp³-hybridized carbons (Fsp3) is 0.545. The van der Waals surface area contributed by atoms with Crippen LogP contribution in [0.4, 0.5) is 0 Å². The van der Waals surface area contributed by atoms with E-state index in [1.807, 2.05) is 6.26 Å². The lowest BCUT2D eigenvalue weighted by Gasteiger charge is -2.27. The molecule has 2 saturated heterocycles. The maximum Gasteiger partial charge on any atom is 0.472 e. The lowest BCUT2D eigenvalue weighted by Crippen LogP contribution is -2.39. The van der Waals surface area contributed by atoms with E-state index in [9.17, 15) is 14.6 Å². The van der Waals surface area contributed by atoms with Gasteiger partial charge in [0.2, 0.25) is 0 Å². The van der Waals surface area contributed by atoms with Crippen molar-refractivity contribution in [2.24, 2.45) is 0 Å². The second-order valence-electron chi connectivity index (χ2n) is 5.10. The van der Waals surface area contributed by atoms with E-state index in [0.717, 1.165) is 0 Å². The van der Waals surface area contributed by atoms with Gasteiger partial charge in [0.15, 0.2) is 11.9 Å². The number of hydrogen-bond donors (Lipinski definition) is 2. The summed E-state index contributed by atoms with van der Waals surface area (Å²) in [6.07, 6.45) is 1.16. The summed E-state index contributed by atoms with van der Waals surface area (Å²) in [6, 6.07) is 0. The molecule has 0 bridgehead atoms. The van der Waals surface area contributed by atoms with Gasteiger partial charge in [0, 0.05) is 0 Å². The van der Waals surface area contributed by atoms with Gasteiger partial charge in [0.25, 0.3) is 0 Å². The second kappa shape index (κ2) is 5.49. The van der Waals surface area contributed by atoms with Gasteiger partial charge in [0.05, 0.1) is 12.9 Å². The molecule has 2 aromatic heterocycles. The Morgan fingerprint density at radius 1 is 1.43 bits per heavy atom. The van der Waals surface area contributed by atoms with Gasteiger partial charge in [0.1, 0.15) is 35.2 Å². The van der Waals surface area contributed by atoms with Crippen LogP contribution in [0.25, 0.3) is 11.2 Å². The summed E-state index contributed by atoms with van der Waals surface area (Å²) in [7, 11) is -4.15. The maximum absolute atomic E-state index is 11.5. The van der Waals surface area contributed by atoms with Crippen LogP contribution in [0.15, 0.2) is 17.7 Å². The lowest BCUT2D eigenvalue weighted by molar-refractivity contribution is -0.0664. The van der Waals surface area contributed by atoms with Gasteiger partial charge >= 0.3 is 7.82 Å². The normalized spacial score (nSPS) is 37.2. The van der Waals surface area contributed by atoms with Crippen molar-refractivity contribution < 1.29 is 28.3 Å². The predicted molar refractivity (Wildman–Crippen MR) is 77.7 cm³/mol. The average Bonchev–Trinajstić information content (AvgIpc) is 3.08. The Morgan fingerprint density at radius 2 is 2.26 bits per heavy atom. The number of imidazole rings is 1. The zero-order valence-corrected chi connectivity index (χ0v) is 13.6. The molecule has 4 rings (SSSR count). The van der Waals surface area contributed by atoms with E-state index >= 15 is 0 Å². The van der Waals surface area contributed by atoms with Gasteiger partial charge in [-0.05, 0) is 6.26 Å². The van der Waals surface area contributed by atoms with Crippen LogP contribution in [-0.4, -0.2) is 60.7 Å². The van der Waals surface area contributed by atoms with Crippen molar-refractivity contribution in [2.45, 2.75) is 29.6 Å². The number of phosphoric acid groups is 1. The molecule has 12 heteroatoms. The van der Waals surface area contributed by atoms with Crippen molar-refractivity contribution in [3.8, 4) is 0 Å². The molecular formula is C11H13N4O6PS. The third kappa shape index (κ3) is 2.49. The van der Waals surface area contributed by atoms with Crippen LogP contribution < -0.4 is 0 Å². The van der Waals surface area contributed by atoms with Gasteiger partial charge in [-0.15, -0.1) is 11.8 Å². The fourth-order valence-electron chi connectivity index (χ4n) is 2.73. The van der Waals surface area contributed by atoms with Crippen LogP contribution in [0.2, 0.25) is 0 Å². The summed E-state index contributed by atoms with van der Waals surface area (Å²) in [5.41, 5.74) is 1.09. The zero-order valence-electron chi connectivity index (χ0n) is 11.8. The first-order valence-corrected chi connectivity index (χ1v) is 9.43. The summed E-state index contributed by atoms with van der Waals surface area (Å²) in [5, 5.41) is 11.1. The maximum atomic E-state index is 11.5. The Morgan fingerprint density at radius 3 is 3.04 bits per heavy atom. The number of fused-ring (bicyclic) bond motifs is 2. The number of aliphatic hydroxyl groups is 1. The number of rotatable bonds is 2. The molecule has 124 valence electrons. The second-order valence-corrected chi connectivity index (χ2v) is 7.30. The molecule has 1 unspecified atom stereocenters. The number of thioether (sulfide) groups is 1. The third-order valence-corrected chi connectivity index (χ3v) is 5.43. The van der Waals surface area contributed by atoms with Gasteiger partial charge in [-0.1, -0.05) is 0 Å². The summed E-state index contributed by atoms with van der Waals surface area (Å²) in [6.45, 7) is -0.135. The minimum Gasteiger partial charge on any atom is -0.386 e. The average molecular weight is 360 g/mol. The van der Waals surface area contributed by atoms with Gasteiger partial charge in [-0.2, -0.15) is 0 Å². The Kier molecular flexibility index (Phi) is 3.69. The topological polar surface area (TPSA) is 129 Å². The van der Waals surface area contributed by atoms with Crippen molar-refractivity contribution in [3.05, 3.63) is 12.7 Å². The van der Waals surface area contributed by atoms with E-state index in [2.05, 4.69) is 15.0 Å². The molecule has 0 radical (unpaired) electrons. The molecule has 0 aliphatic carbocycles. The highest BCUT2D eigenvalue weighted by Crippen LogP contribution is 2.52. The highest BCUT2D eigenvalue weighted by Gasteiger charge is 2.52. The molecule has 4 heterocycles. The quantitative estimate of drug-likeness (QED) is 0.439. The van der Waals surface area contributed by atoms with Crippen LogP contribution in [0.1, 0.15) is 6.23 Å². The minimum atomic E-state index is -4.15. The number of aliphatic hydroxyl groups excluding tert-OH is 1. The predicted octanol–water partition coefficient (Wildman–Crippen LogP) is 0.322. The van der Waals surface area contributed by atoms with E-state index in [0.29, 0.717) is 16.2 Å². The largest absolute Gasteiger partial charge is 0.472 e. The first-order valence-electron chi connectivity index (χ1n) is 6.71. The molecule has 2 N–H and O–H groups in total. The standard InChI is InChI=1S/C11H13N4O6PS/c1-23-10-6-9(12-3-13-10)15(4-14-6)11-7(16)8-5(20-11)2-19-22(17,18)21-8/h3-5,7-8,11,16H,2H2,1H3,(H,17,18)/t5-,7-,8-,11-/m1/s1. The summed E-state index contributed by atoms with van der Waals surface area (Å²) < 4.78 is 28.4. The Labute approximate surface area is 134 Å². The monoisotopic (exact) mass is 360 g/mol. The molecule has 2 aliphatic heterocycles. The van der Waals surface area contributed by atoms with Crippen molar-refractivity contribution in [1.82, 2.24) is 19.5 Å². The molecular weight excluding hydrogens is 347 g/mol. The summed E-state index contributed by atoms with van der Waals surface area (Å²) in [4.78, 5) is 22.0. The SMILES string of the molecule is CSc1ncnc2c1ncn2[C@@H]1O[C@@H]2COP(=O)(O)O[C@H]2[C@H]1O. The van der Waals surface area contributed by atoms with Crippen molar-refractivity contribution in [1.29, 1.82) is 0 Å². The van der Waals surface area contributed by atoms with Crippen LogP contribution in [-0.2, 0) is 18.3 Å². The van der Waals surface area contributed by atoms with Gasteiger partial charge < -0.3 is 14.7 Å². The number of ether oxygens (including phenoxy) is 1. The molecule has 5 atom stereocenters. The van der Waals surface area contributed by atoms with E-state index in [4.69, 9.17) is 13.8 Å². The summed E-state index contributed by atoms with van der Waals surface area (Å²) >= 11 is 1.43. The number of hydrogen-bond acceptors (Lipinski definition) is 9. The van der Waals surface area contributed by atoms with Crippen LogP contribution in [0.3, 0.4) is 0 Å². The van der Waals surface area contributed by atoms with E-state index in [1.165, 1.54) is 24.4 Å². The molecule has 10 nitrogen and oxygen atoms in total. The highest BCUT2D eigenvalue weighted by molar-refractivity contribution is 7.98. The molecule has 2 fully saturated rings. The van der Waals surface area contributed by atoms with E-state index < -0.39 is 32.4 Å². The lowest BCUT2D eigenvalue weighted by atomic mass is 10.1. The Bertz CT molecular complexity index is 802. The van der Waals surface area contributed by atoms with Crippen LogP contribution in [0, 0.1) is 0 Å².